The highest BCUT2D eigenvalue weighted by Gasteiger charge is 2.13. The number of pyridine rings is 1. The number of rotatable bonds is 1. The van der Waals surface area contributed by atoms with Gasteiger partial charge in [-0.1, -0.05) is 36.4 Å². The van der Waals surface area contributed by atoms with Gasteiger partial charge in [0.05, 0.1) is 25.1 Å². The largest absolute Gasteiger partial charge is 0.424 e. The summed E-state index contributed by atoms with van der Waals surface area (Å²) in [5.41, 5.74) is 1.75. The van der Waals surface area contributed by atoms with Crippen LogP contribution in [0.5, 0.6) is 0 Å². The number of thiazole rings is 1. The van der Waals surface area contributed by atoms with Gasteiger partial charge in [-0.05, 0) is 45.5 Å². The van der Waals surface area contributed by atoms with E-state index in [9.17, 15) is 10.1 Å². The molecule has 0 spiro atoms. The molecule has 0 saturated carbocycles. The Labute approximate surface area is 158 Å². The predicted molar refractivity (Wildman–Crippen MR) is 90.2 cm³/mol. The minimum absolute atomic E-state index is 0.0452. The van der Waals surface area contributed by atoms with Crippen molar-refractivity contribution in [2.24, 2.45) is 0 Å². The second kappa shape index (κ2) is 9.28. The lowest BCUT2D eigenvalue weighted by molar-refractivity contribution is -1.92. The smallest absolute Gasteiger partial charge is 0.357 e. The van der Waals surface area contributed by atoms with Gasteiger partial charge in [0, 0.05) is 11.6 Å². The maximum atomic E-state index is 10.3. The van der Waals surface area contributed by atoms with Gasteiger partial charge in [0.1, 0.15) is 0 Å². The molecule has 0 saturated heterocycles. The van der Waals surface area contributed by atoms with Crippen LogP contribution in [0, 0.1) is 20.4 Å². The van der Waals surface area contributed by atoms with Gasteiger partial charge in [-0.25, -0.2) is 0 Å². The third-order valence-electron chi connectivity index (χ3n) is 2.95. The molecule has 2 aromatic carbocycles. The van der Waals surface area contributed by atoms with Gasteiger partial charge in [-0.3, -0.25) is 4.98 Å². The summed E-state index contributed by atoms with van der Waals surface area (Å²) in [5, 5.41) is 11.5. The van der Waals surface area contributed by atoms with E-state index in [1.54, 1.807) is 6.07 Å². The third kappa shape index (κ3) is 7.19. The van der Waals surface area contributed by atoms with Crippen LogP contribution >= 0.6 is 11.3 Å². The summed E-state index contributed by atoms with van der Waals surface area (Å²) in [7, 11) is -4.69. The Morgan fingerprint density at radius 1 is 0.926 bits per heavy atom. The first kappa shape index (κ1) is 20.6. The van der Waals surface area contributed by atoms with Crippen molar-refractivity contribution < 1.29 is 33.8 Å². The first-order valence-corrected chi connectivity index (χ1v) is 9.25. The summed E-state index contributed by atoms with van der Waals surface area (Å²) >= 11 is 1.10. The summed E-state index contributed by atoms with van der Waals surface area (Å²) in [5.74, 6) is 0. The van der Waals surface area contributed by atoms with E-state index in [0.717, 1.165) is 21.6 Å². The minimum atomic E-state index is -4.69. The number of aromatic nitrogens is 2. The quantitative estimate of drug-likeness (QED) is 0.347. The summed E-state index contributed by atoms with van der Waals surface area (Å²) in [6.07, 6.45) is 1.81. The zero-order valence-electron chi connectivity index (χ0n) is 13.5. The van der Waals surface area contributed by atoms with E-state index in [-0.39, 0.29) is 5.13 Å². The van der Waals surface area contributed by atoms with Crippen molar-refractivity contribution in [3.05, 3.63) is 77.0 Å². The van der Waals surface area contributed by atoms with Crippen molar-refractivity contribution in [1.82, 2.24) is 9.97 Å². The molecular formula is C16H12ClN3O6S. The van der Waals surface area contributed by atoms with Crippen LogP contribution in [0.3, 0.4) is 0 Å². The maximum Gasteiger partial charge on any atom is 0.424 e. The van der Waals surface area contributed by atoms with Gasteiger partial charge in [-0.15, -0.1) is 0 Å². The number of hydrogen-bond donors (Lipinski definition) is 1. The summed E-state index contributed by atoms with van der Waals surface area (Å²) in [6.45, 7) is 0. The number of halogens is 1. The van der Waals surface area contributed by atoms with Crippen molar-refractivity contribution in [2.75, 3.05) is 0 Å². The van der Waals surface area contributed by atoms with E-state index in [1.165, 1.54) is 5.39 Å². The van der Waals surface area contributed by atoms with Crippen molar-refractivity contribution in [1.29, 1.82) is 0 Å². The minimum Gasteiger partial charge on any atom is -0.357 e. The van der Waals surface area contributed by atoms with Gasteiger partial charge >= 0.3 is 5.13 Å². The monoisotopic (exact) mass is 409 g/mol. The van der Waals surface area contributed by atoms with Gasteiger partial charge in [0.2, 0.25) is 0 Å². The lowest BCUT2D eigenvalue weighted by atomic mass is 10.2. The second-order valence-electron chi connectivity index (χ2n) is 4.81. The lowest BCUT2D eigenvalue weighted by Crippen LogP contribution is -2.58. The zero-order valence-corrected chi connectivity index (χ0v) is 15.0. The van der Waals surface area contributed by atoms with Crippen LogP contribution in [0.25, 0.3) is 21.1 Å². The first-order valence-electron chi connectivity index (χ1n) is 7.17. The molecule has 9 nitrogen and oxygen atoms in total. The molecule has 0 atom stereocenters. The maximum absolute atomic E-state index is 10.3. The molecule has 4 aromatic rings. The average Bonchev–Trinajstić information content (AvgIpc) is 3.06. The molecule has 0 bridgehead atoms. The third-order valence-corrected chi connectivity index (χ3v) is 3.94. The van der Waals surface area contributed by atoms with E-state index in [2.05, 4.69) is 22.1 Å². The van der Waals surface area contributed by atoms with Crippen LogP contribution in [0.1, 0.15) is 0 Å². The molecular weight excluding hydrogens is 398 g/mol. The van der Waals surface area contributed by atoms with E-state index >= 15 is 0 Å². The fourth-order valence-electron chi connectivity index (χ4n) is 1.95. The summed E-state index contributed by atoms with van der Waals surface area (Å²) < 4.78 is 33.6. The molecule has 140 valence electrons. The molecule has 27 heavy (non-hydrogen) atoms. The van der Waals surface area contributed by atoms with Crippen LogP contribution in [0.15, 0.2) is 66.9 Å². The highest BCUT2D eigenvalue weighted by Crippen LogP contribution is 2.26. The Morgan fingerprint density at radius 3 is 2.07 bits per heavy atom. The number of nitrogens with zero attached hydrogens (tertiary/aromatic N) is 3. The fourth-order valence-corrected chi connectivity index (χ4v) is 2.73. The van der Waals surface area contributed by atoms with E-state index in [0.29, 0.717) is 5.52 Å². The second-order valence-corrected chi connectivity index (χ2v) is 6.61. The van der Waals surface area contributed by atoms with E-state index < -0.39 is 15.2 Å². The molecule has 0 fully saturated rings. The Bertz CT molecular complexity index is 933. The molecule has 0 aliphatic rings. The number of fused-ring (bicyclic) bond motifs is 2. The first-order chi connectivity index (χ1) is 12.7. The Morgan fingerprint density at radius 2 is 1.48 bits per heavy atom. The number of benzene rings is 2. The molecule has 11 heteroatoms. The Balaban J connectivity index is 0.000000158. The van der Waals surface area contributed by atoms with Crippen molar-refractivity contribution in [3.8, 4) is 0 Å². The SMILES string of the molecule is O=[N+]([O-])c1nc2ccccc2s1.[O-][Cl+3]([O-])([O-])O.c1ccc2ncccc2c1. The molecule has 2 heterocycles. The van der Waals surface area contributed by atoms with Crippen molar-refractivity contribution in [3.63, 3.8) is 0 Å². The van der Waals surface area contributed by atoms with Crippen molar-refractivity contribution >= 4 is 37.6 Å². The molecule has 0 aliphatic heterocycles. The van der Waals surface area contributed by atoms with Crippen molar-refractivity contribution in [2.45, 2.75) is 0 Å². The molecule has 0 radical (unpaired) electrons. The number of hydrogen-bond acceptors (Lipinski definition) is 9. The normalized spacial score (nSPS) is 10.5. The molecule has 1 N–H and O–H groups in total. The van der Waals surface area contributed by atoms with Gasteiger partial charge < -0.3 is 10.1 Å². The summed E-state index contributed by atoms with van der Waals surface area (Å²) in [4.78, 5) is 17.9. The molecule has 2 aromatic heterocycles. The number of nitro groups is 1. The van der Waals surface area contributed by atoms with Crippen LogP contribution in [-0.2, 0) is 0 Å². The highest BCUT2D eigenvalue weighted by molar-refractivity contribution is 7.21. The molecule has 0 amide bonds. The Kier molecular flexibility index (Phi) is 7.07. The fraction of sp³-hybridized carbons (Fsp3) is 0. The topological polar surface area (TPSA) is 158 Å². The molecule has 4 rings (SSSR count). The van der Waals surface area contributed by atoms with Crippen LogP contribution in [0.2, 0.25) is 0 Å². The van der Waals surface area contributed by atoms with Gasteiger partial charge in [0.25, 0.3) is 0 Å². The standard InChI is InChI=1S/C9H7N.C7H4N2O2S.ClHO4/c1-2-6-9-8(4-1)5-3-7-10-9;10-9(11)7-8-5-3-1-2-4-6(5)12-7;2-1(3,4)5/h1-7H;1-4H;(H,2,3,4,5). The molecule has 0 unspecified atom stereocenters. The summed E-state index contributed by atoms with van der Waals surface area (Å²) in [6, 6.07) is 19.3. The van der Waals surface area contributed by atoms with Gasteiger partial charge in [-0.2, -0.15) is 14.0 Å². The van der Waals surface area contributed by atoms with Crippen LogP contribution in [-0.4, -0.2) is 19.6 Å². The van der Waals surface area contributed by atoms with E-state index in [4.69, 9.17) is 18.6 Å². The average molecular weight is 410 g/mol. The predicted octanol–water partition coefficient (Wildman–Crippen LogP) is 0.315. The highest BCUT2D eigenvalue weighted by atomic mass is 35.7. The van der Waals surface area contributed by atoms with Crippen LogP contribution in [0.4, 0.5) is 5.13 Å². The van der Waals surface area contributed by atoms with Crippen LogP contribution < -0.4 is 14.0 Å². The Hall–Kier alpha value is -2.73. The van der Waals surface area contributed by atoms with Gasteiger partial charge in [0.15, 0.2) is 5.52 Å². The van der Waals surface area contributed by atoms with E-state index in [1.807, 2.05) is 48.7 Å². The molecule has 0 aliphatic carbocycles. The lowest BCUT2D eigenvalue weighted by Gasteiger charge is -2.03. The zero-order chi connectivity index (χ0) is 19.9. The number of para-hydroxylation sites is 2.